The van der Waals surface area contributed by atoms with Crippen molar-refractivity contribution in [3.8, 4) is 5.75 Å². The van der Waals surface area contributed by atoms with Gasteiger partial charge >= 0.3 is 0 Å². The van der Waals surface area contributed by atoms with Crippen LogP contribution in [0.1, 0.15) is 12.5 Å². The van der Waals surface area contributed by atoms with E-state index in [1.807, 2.05) is 24.3 Å². The molecule has 2 rings (SSSR count). The minimum absolute atomic E-state index is 0.283. The summed E-state index contributed by atoms with van der Waals surface area (Å²) in [6, 6.07) is 14.0. The van der Waals surface area contributed by atoms with Crippen LogP contribution >= 0.6 is 15.9 Å². The molecule has 0 aliphatic carbocycles. The minimum atomic E-state index is -3.70. The Morgan fingerprint density at radius 1 is 1.22 bits per heavy atom. The summed E-state index contributed by atoms with van der Waals surface area (Å²) in [5.41, 5.74) is 4.10. The van der Waals surface area contributed by atoms with Crippen LogP contribution in [0.5, 0.6) is 5.75 Å². The molecule has 0 aliphatic heterocycles. The molecule has 144 valence electrons. The molecule has 0 radical (unpaired) electrons. The van der Waals surface area contributed by atoms with Crippen molar-refractivity contribution in [2.75, 3.05) is 24.2 Å². The van der Waals surface area contributed by atoms with Crippen molar-refractivity contribution in [2.45, 2.75) is 6.92 Å². The van der Waals surface area contributed by atoms with E-state index in [1.54, 1.807) is 31.2 Å². The monoisotopic (exact) mass is 453 g/mol. The first-order chi connectivity index (χ1) is 12.7. The lowest BCUT2D eigenvalue weighted by Crippen LogP contribution is -2.39. The molecular formula is C18H20BrN3O4S. The fourth-order valence-electron chi connectivity index (χ4n) is 2.31. The van der Waals surface area contributed by atoms with Gasteiger partial charge < -0.3 is 4.74 Å². The van der Waals surface area contributed by atoms with Gasteiger partial charge in [-0.3, -0.25) is 9.10 Å². The number of ether oxygens (including phenoxy) is 1. The molecule has 0 aliphatic rings. The van der Waals surface area contributed by atoms with Gasteiger partial charge in [0.1, 0.15) is 12.3 Å². The fourth-order valence-corrected chi connectivity index (χ4v) is 3.57. The molecule has 0 saturated carbocycles. The lowest BCUT2D eigenvalue weighted by atomic mass is 10.1. The van der Waals surface area contributed by atoms with Gasteiger partial charge in [-0.2, -0.15) is 5.10 Å². The predicted octanol–water partition coefficient (Wildman–Crippen LogP) is 2.76. The van der Waals surface area contributed by atoms with E-state index >= 15 is 0 Å². The molecule has 0 fully saturated rings. The quantitative estimate of drug-likeness (QED) is 0.515. The van der Waals surface area contributed by atoms with E-state index in [-0.39, 0.29) is 5.69 Å². The number of rotatable bonds is 7. The van der Waals surface area contributed by atoms with Crippen LogP contribution in [0.25, 0.3) is 0 Å². The van der Waals surface area contributed by atoms with E-state index in [4.69, 9.17) is 4.74 Å². The van der Waals surface area contributed by atoms with Gasteiger partial charge in [0.15, 0.2) is 0 Å². The largest absolute Gasteiger partial charge is 0.495 e. The van der Waals surface area contributed by atoms with Crippen molar-refractivity contribution in [1.82, 2.24) is 5.43 Å². The molecule has 0 heterocycles. The zero-order valence-corrected chi connectivity index (χ0v) is 17.5. The molecule has 0 spiro atoms. The Hall–Kier alpha value is -2.39. The lowest BCUT2D eigenvalue weighted by molar-refractivity contribution is -0.119. The van der Waals surface area contributed by atoms with Crippen LogP contribution in [0.2, 0.25) is 0 Å². The number of carbonyl (C=O) groups excluding carboxylic acids is 1. The molecule has 0 bridgehead atoms. The summed E-state index contributed by atoms with van der Waals surface area (Å²) >= 11 is 3.38. The molecule has 2 aromatic carbocycles. The second-order valence-corrected chi connectivity index (χ2v) is 8.51. The molecular weight excluding hydrogens is 434 g/mol. The highest BCUT2D eigenvalue weighted by Crippen LogP contribution is 2.29. The Morgan fingerprint density at radius 3 is 2.56 bits per heavy atom. The summed E-state index contributed by atoms with van der Waals surface area (Å²) < 4.78 is 31.4. The van der Waals surface area contributed by atoms with Crippen molar-refractivity contribution < 1.29 is 17.9 Å². The SMILES string of the molecule is COc1ccccc1N(CC(=O)NN=C(C)c1cccc(Br)c1)S(C)(=O)=O. The second kappa shape index (κ2) is 9.01. The third-order valence-corrected chi connectivity index (χ3v) is 5.25. The second-order valence-electron chi connectivity index (χ2n) is 5.68. The van der Waals surface area contributed by atoms with Gasteiger partial charge in [-0.15, -0.1) is 0 Å². The number of amides is 1. The van der Waals surface area contributed by atoms with Gasteiger partial charge in [0.25, 0.3) is 5.91 Å². The average molecular weight is 454 g/mol. The summed E-state index contributed by atoms with van der Waals surface area (Å²) in [7, 11) is -2.27. The van der Waals surface area contributed by atoms with Crippen molar-refractivity contribution >= 4 is 43.3 Å². The van der Waals surface area contributed by atoms with E-state index in [9.17, 15) is 13.2 Å². The predicted molar refractivity (Wildman–Crippen MR) is 110 cm³/mol. The number of hydrogen-bond acceptors (Lipinski definition) is 5. The molecule has 0 aromatic heterocycles. The highest BCUT2D eigenvalue weighted by Gasteiger charge is 2.23. The number of benzene rings is 2. The molecule has 0 atom stereocenters. The van der Waals surface area contributed by atoms with E-state index < -0.39 is 22.5 Å². The fraction of sp³-hybridized carbons (Fsp3) is 0.222. The van der Waals surface area contributed by atoms with Crippen LogP contribution in [0.4, 0.5) is 5.69 Å². The van der Waals surface area contributed by atoms with Crippen LogP contribution in [0.15, 0.2) is 58.1 Å². The Morgan fingerprint density at radius 2 is 1.93 bits per heavy atom. The van der Waals surface area contributed by atoms with E-state index in [1.165, 1.54) is 7.11 Å². The third-order valence-electron chi connectivity index (χ3n) is 3.63. The molecule has 1 amide bonds. The Kier molecular flexibility index (Phi) is 6.98. The third kappa shape index (κ3) is 5.80. The first-order valence-corrected chi connectivity index (χ1v) is 10.6. The normalized spacial score (nSPS) is 11.8. The van der Waals surface area contributed by atoms with Crippen molar-refractivity contribution in [1.29, 1.82) is 0 Å². The maximum absolute atomic E-state index is 12.3. The number of nitrogens with one attached hydrogen (secondary N) is 1. The number of sulfonamides is 1. The molecule has 9 heteroatoms. The van der Waals surface area contributed by atoms with E-state index in [2.05, 4.69) is 26.5 Å². The Bertz CT molecular complexity index is 961. The standard InChI is InChI=1S/C18H20BrN3O4S/c1-13(14-7-6-8-15(19)11-14)20-21-18(23)12-22(27(3,24)25)16-9-4-5-10-17(16)26-2/h4-11H,12H2,1-3H3,(H,21,23). The number of hydrogen-bond donors (Lipinski definition) is 1. The number of nitrogens with zero attached hydrogens (tertiary/aromatic N) is 2. The van der Waals surface area contributed by atoms with Crippen molar-refractivity contribution in [3.05, 3.63) is 58.6 Å². The minimum Gasteiger partial charge on any atom is -0.495 e. The molecule has 1 N–H and O–H groups in total. The summed E-state index contributed by atoms with van der Waals surface area (Å²) in [5.74, 6) is -0.217. The Labute approximate surface area is 167 Å². The number of hydrazone groups is 1. The molecule has 27 heavy (non-hydrogen) atoms. The van der Waals surface area contributed by atoms with Crippen LogP contribution < -0.4 is 14.5 Å². The average Bonchev–Trinajstić information content (AvgIpc) is 2.63. The smallest absolute Gasteiger partial charge is 0.260 e. The maximum Gasteiger partial charge on any atom is 0.260 e. The number of carbonyl (C=O) groups is 1. The lowest BCUT2D eigenvalue weighted by Gasteiger charge is -2.23. The summed E-state index contributed by atoms with van der Waals surface area (Å²) in [6.07, 6.45) is 1.03. The van der Waals surface area contributed by atoms with E-state index in [0.29, 0.717) is 11.5 Å². The van der Waals surface area contributed by atoms with Gasteiger partial charge in [0.2, 0.25) is 10.0 Å². The van der Waals surface area contributed by atoms with Crippen LogP contribution in [0.3, 0.4) is 0 Å². The zero-order valence-electron chi connectivity index (χ0n) is 15.1. The van der Waals surface area contributed by atoms with Gasteiger partial charge in [-0.25, -0.2) is 13.8 Å². The number of para-hydroxylation sites is 2. The van der Waals surface area contributed by atoms with Crippen LogP contribution in [0, 0.1) is 0 Å². The van der Waals surface area contributed by atoms with Crippen molar-refractivity contribution in [3.63, 3.8) is 0 Å². The highest BCUT2D eigenvalue weighted by atomic mass is 79.9. The van der Waals surface area contributed by atoms with Crippen molar-refractivity contribution in [2.24, 2.45) is 5.10 Å². The number of methoxy groups -OCH3 is 1. The summed E-state index contributed by atoms with van der Waals surface area (Å²) in [6.45, 7) is 1.32. The zero-order chi connectivity index (χ0) is 20.0. The van der Waals surface area contributed by atoms with Gasteiger partial charge in [0, 0.05) is 4.47 Å². The maximum atomic E-state index is 12.3. The van der Waals surface area contributed by atoms with Gasteiger partial charge in [-0.1, -0.05) is 40.2 Å². The van der Waals surface area contributed by atoms with Crippen LogP contribution in [-0.4, -0.2) is 39.9 Å². The number of anilines is 1. The van der Waals surface area contributed by atoms with Gasteiger partial charge in [-0.05, 0) is 36.8 Å². The topological polar surface area (TPSA) is 88.1 Å². The molecule has 0 saturated heterocycles. The Balaban J connectivity index is 2.19. The van der Waals surface area contributed by atoms with Gasteiger partial charge in [0.05, 0.1) is 24.8 Å². The van der Waals surface area contributed by atoms with Crippen LogP contribution in [-0.2, 0) is 14.8 Å². The number of halogens is 1. The summed E-state index contributed by atoms with van der Waals surface area (Å²) in [4.78, 5) is 12.3. The van der Waals surface area contributed by atoms with E-state index in [0.717, 1.165) is 20.6 Å². The highest BCUT2D eigenvalue weighted by molar-refractivity contribution is 9.10. The summed E-state index contributed by atoms with van der Waals surface area (Å²) in [5, 5.41) is 4.05. The first-order valence-electron chi connectivity index (χ1n) is 7.92. The first kappa shape index (κ1) is 20.9. The molecule has 7 nitrogen and oxygen atoms in total. The molecule has 2 aromatic rings. The molecule has 0 unspecified atom stereocenters.